The van der Waals surface area contributed by atoms with Gasteiger partial charge in [0.2, 0.25) is 5.95 Å². The van der Waals surface area contributed by atoms with Crippen molar-refractivity contribution in [1.82, 2.24) is 20.2 Å². The van der Waals surface area contributed by atoms with Crippen LogP contribution in [0.5, 0.6) is 0 Å². The number of guanidine groups is 1. The van der Waals surface area contributed by atoms with Crippen LogP contribution in [0.1, 0.15) is 18.7 Å². The Hall–Kier alpha value is -2.15. The number of aromatic nitrogens is 2. The average Bonchev–Trinajstić information content (AvgIpc) is 3.19. The Morgan fingerprint density at radius 3 is 2.65 bits per heavy atom. The van der Waals surface area contributed by atoms with Crippen LogP contribution in [0.25, 0.3) is 0 Å². The van der Waals surface area contributed by atoms with Crippen molar-refractivity contribution in [3.63, 3.8) is 0 Å². The van der Waals surface area contributed by atoms with E-state index in [-0.39, 0.29) is 0 Å². The minimum Gasteiger partial charge on any atom is -0.357 e. The molecule has 1 aliphatic rings. The molecule has 26 heavy (non-hydrogen) atoms. The first kappa shape index (κ1) is 18.6. The number of thiophene rings is 1. The predicted octanol–water partition coefficient (Wildman–Crippen LogP) is 2.50. The number of anilines is 1. The molecular weight excluding hydrogens is 344 g/mol. The normalized spacial score (nSPS) is 16.6. The summed E-state index contributed by atoms with van der Waals surface area (Å²) in [5.41, 5.74) is 0. The first-order valence-corrected chi connectivity index (χ1v) is 10.2. The number of nitrogens with zero attached hydrogens (tertiary/aromatic N) is 5. The molecule has 1 fully saturated rings. The molecule has 7 heteroatoms. The highest BCUT2D eigenvalue weighted by Crippen LogP contribution is 2.15. The number of piperazine rings is 1. The molecule has 3 heterocycles. The molecule has 1 aliphatic heterocycles. The molecule has 0 amide bonds. The van der Waals surface area contributed by atoms with Crippen LogP contribution in [0.4, 0.5) is 5.95 Å². The van der Waals surface area contributed by atoms with E-state index in [1.807, 2.05) is 17.4 Å². The van der Waals surface area contributed by atoms with E-state index in [1.54, 1.807) is 12.4 Å². The monoisotopic (exact) mass is 372 g/mol. The minimum absolute atomic E-state index is 0.543. The Labute approximate surface area is 160 Å². The number of rotatable bonds is 6. The van der Waals surface area contributed by atoms with Crippen LogP contribution < -0.4 is 10.2 Å². The summed E-state index contributed by atoms with van der Waals surface area (Å²) in [5, 5.41) is 5.59. The van der Waals surface area contributed by atoms with Crippen molar-refractivity contribution in [3.05, 3.63) is 40.8 Å². The second kappa shape index (κ2) is 9.52. The Kier molecular flexibility index (Phi) is 6.82. The molecular formula is C19H28N6S. The van der Waals surface area contributed by atoms with Crippen LogP contribution in [0.2, 0.25) is 0 Å². The zero-order chi connectivity index (χ0) is 18.2. The van der Waals surface area contributed by atoms with E-state index in [0.29, 0.717) is 5.92 Å². The number of hydrogen-bond acceptors (Lipinski definition) is 5. The van der Waals surface area contributed by atoms with E-state index in [0.717, 1.165) is 57.6 Å². The third-order valence-corrected chi connectivity index (χ3v) is 5.33. The van der Waals surface area contributed by atoms with Gasteiger partial charge in [0.05, 0.1) is 0 Å². The highest BCUT2D eigenvalue weighted by Gasteiger charge is 2.21. The molecule has 1 atom stereocenters. The average molecular weight is 373 g/mol. The van der Waals surface area contributed by atoms with Crippen LogP contribution in [-0.4, -0.2) is 60.1 Å². The molecule has 2 aromatic heterocycles. The van der Waals surface area contributed by atoms with Crippen molar-refractivity contribution in [1.29, 1.82) is 0 Å². The standard InChI is InChI=1S/C19H28N6S/c1-3-20-18(23-15-16(2)14-17-6-4-13-26-17)24-9-11-25(12-10-24)19-21-7-5-8-22-19/h4-8,13,16H,3,9-12,14-15H2,1-2H3,(H,20,23). The highest BCUT2D eigenvalue weighted by atomic mass is 32.1. The molecule has 3 rings (SSSR count). The van der Waals surface area contributed by atoms with E-state index in [4.69, 9.17) is 4.99 Å². The smallest absolute Gasteiger partial charge is 0.225 e. The first-order chi connectivity index (χ1) is 12.8. The van der Waals surface area contributed by atoms with Crippen molar-refractivity contribution in [2.24, 2.45) is 10.9 Å². The van der Waals surface area contributed by atoms with Crippen LogP contribution in [0, 0.1) is 5.92 Å². The maximum Gasteiger partial charge on any atom is 0.225 e. The summed E-state index contributed by atoms with van der Waals surface area (Å²) in [6.45, 7) is 9.84. The topological polar surface area (TPSA) is 56.7 Å². The summed E-state index contributed by atoms with van der Waals surface area (Å²) < 4.78 is 0. The minimum atomic E-state index is 0.543. The Morgan fingerprint density at radius 1 is 1.23 bits per heavy atom. The molecule has 1 unspecified atom stereocenters. The molecule has 0 bridgehead atoms. The second-order valence-corrected chi connectivity index (χ2v) is 7.64. The number of aliphatic imine (C=N–C) groups is 1. The SMILES string of the molecule is CCNC(=NCC(C)Cc1cccs1)N1CCN(c2ncccn2)CC1. The fourth-order valence-corrected chi connectivity index (χ4v) is 3.95. The summed E-state index contributed by atoms with van der Waals surface area (Å²) in [6.07, 6.45) is 4.70. The molecule has 0 spiro atoms. The zero-order valence-corrected chi connectivity index (χ0v) is 16.5. The molecule has 0 saturated carbocycles. The maximum absolute atomic E-state index is 4.90. The third-order valence-electron chi connectivity index (χ3n) is 4.43. The van der Waals surface area contributed by atoms with Gasteiger partial charge >= 0.3 is 0 Å². The maximum atomic E-state index is 4.90. The number of hydrogen-bond donors (Lipinski definition) is 1. The van der Waals surface area contributed by atoms with Crippen LogP contribution >= 0.6 is 11.3 Å². The fourth-order valence-electron chi connectivity index (χ4n) is 3.08. The molecule has 1 saturated heterocycles. The molecule has 1 N–H and O–H groups in total. The van der Waals surface area contributed by atoms with Gasteiger partial charge in [-0.05, 0) is 36.8 Å². The van der Waals surface area contributed by atoms with E-state index in [1.165, 1.54) is 4.88 Å². The quantitative estimate of drug-likeness (QED) is 0.624. The van der Waals surface area contributed by atoms with Gasteiger partial charge in [-0.1, -0.05) is 13.0 Å². The lowest BCUT2D eigenvalue weighted by molar-refractivity contribution is 0.369. The predicted molar refractivity (Wildman–Crippen MR) is 109 cm³/mol. The molecule has 140 valence electrons. The Balaban J connectivity index is 1.54. The molecule has 0 radical (unpaired) electrons. The molecule has 2 aromatic rings. The molecule has 6 nitrogen and oxygen atoms in total. The van der Waals surface area contributed by atoms with Crippen LogP contribution in [-0.2, 0) is 6.42 Å². The van der Waals surface area contributed by atoms with E-state index >= 15 is 0 Å². The van der Waals surface area contributed by atoms with Crippen molar-refractivity contribution in [2.75, 3.05) is 44.2 Å². The van der Waals surface area contributed by atoms with E-state index in [9.17, 15) is 0 Å². The first-order valence-electron chi connectivity index (χ1n) is 9.34. The summed E-state index contributed by atoms with van der Waals surface area (Å²) in [4.78, 5) is 19.6. The van der Waals surface area contributed by atoms with Gasteiger partial charge in [-0.2, -0.15) is 0 Å². The fraction of sp³-hybridized carbons (Fsp3) is 0.526. The Bertz CT molecular complexity index is 665. The van der Waals surface area contributed by atoms with Gasteiger partial charge in [0.25, 0.3) is 0 Å². The second-order valence-electron chi connectivity index (χ2n) is 6.61. The van der Waals surface area contributed by atoms with E-state index < -0.39 is 0 Å². The van der Waals surface area contributed by atoms with Gasteiger partial charge in [-0.15, -0.1) is 11.3 Å². The van der Waals surface area contributed by atoms with E-state index in [2.05, 4.69) is 56.4 Å². The Morgan fingerprint density at radius 2 is 2.00 bits per heavy atom. The van der Waals surface area contributed by atoms with Gasteiger partial charge in [0.15, 0.2) is 5.96 Å². The third kappa shape index (κ3) is 5.17. The van der Waals surface area contributed by atoms with Crippen LogP contribution in [0.15, 0.2) is 41.0 Å². The van der Waals surface area contributed by atoms with Gasteiger partial charge in [-0.25, -0.2) is 9.97 Å². The van der Waals surface area contributed by atoms with Gasteiger partial charge < -0.3 is 15.1 Å². The van der Waals surface area contributed by atoms with Crippen molar-refractivity contribution in [3.8, 4) is 0 Å². The van der Waals surface area contributed by atoms with Crippen molar-refractivity contribution >= 4 is 23.2 Å². The van der Waals surface area contributed by atoms with Crippen molar-refractivity contribution in [2.45, 2.75) is 20.3 Å². The lowest BCUT2D eigenvalue weighted by atomic mass is 10.1. The summed E-state index contributed by atoms with van der Waals surface area (Å²) in [6, 6.07) is 6.18. The number of nitrogens with one attached hydrogen (secondary N) is 1. The van der Waals surface area contributed by atoms with Crippen LogP contribution in [0.3, 0.4) is 0 Å². The van der Waals surface area contributed by atoms with Gasteiger partial charge in [0.1, 0.15) is 0 Å². The molecule has 0 aromatic carbocycles. The van der Waals surface area contributed by atoms with Crippen molar-refractivity contribution < 1.29 is 0 Å². The van der Waals surface area contributed by atoms with Gasteiger partial charge in [-0.3, -0.25) is 4.99 Å². The van der Waals surface area contributed by atoms with Gasteiger partial charge in [0, 0.05) is 56.5 Å². The molecule has 0 aliphatic carbocycles. The lowest BCUT2D eigenvalue weighted by Crippen LogP contribution is -2.53. The highest BCUT2D eigenvalue weighted by molar-refractivity contribution is 7.09. The summed E-state index contributed by atoms with van der Waals surface area (Å²) in [7, 11) is 0. The summed E-state index contributed by atoms with van der Waals surface area (Å²) >= 11 is 1.83. The summed E-state index contributed by atoms with van der Waals surface area (Å²) in [5.74, 6) is 2.39. The zero-order valence-electron chi connectivity index (χ0n) is 15.6. The largest absolute Gasteiger partial charge is 0.357 e. The lowest BCUT2D eigenvalue weighted by Gasteiger charge is -2.36.